The molecule has 3 aromatic rings. The first kappa shape index (κ1) is 10.8. The zero-order chi connectivity index (χ0) is 12.7. The second kappa shape index (κ2) is 3.83. The smallest absolute Gasteiger partial charge is 0.247 e. The van der Waals surface area contributed by atoms with Gasteiger partial charge in [-0.25, -0.2) is 23.1 Å². The fraction of sp³-hybridized carbons (Fsp3) is 0. The van der Waals surface area contributed by atoms with E-state index in [1.807, 2.05) is 0 Å². The van der Waals surface area contributed by atoms with Gasteiger partial charge in [0.1, 0.15) is 11.3 Å². The Labute approximate surface area is 98.9 Å². The minimum atomic E-state index is -1.01. The quantitative estimate of drug-likeness (QED) is 0.665. The monoisotopic (exact) mass is 250 g/mol. The van der Waals surface area contributed by atoms with Gasteiger partial charge in [0.2, 0.25) is 11.6 Å². The zero-order valence-corrected chi connectivity index (χ0v) is 8.82. The standard InChI is InChI=1S/C12H5F3N2O/c13-7-4-10-12(16-5-7)18-11(17-10)6-1-2-8(14)9(15)3-6/h1-5H. The van der Waals surface area contributed by atoms with E-state index in [-0.39, 0.29) is 22.7 Å². The van der Waals surface area contributed by atoms with Crippen molar-refractivity contribution in [1.82, 2.24) is 9.97 Å². The summed E-state index contributed by atoms with van der Waals surface area (Å²) in [7, 11) is 0. The lowest BCUT2D eigenvalue weighted by molar-refractivity contribution is 0.508. The molecular formula is C12H5F3N2O. The Morgan fingerprint density at radius 1 is 1.00 bits per heavy atom. The summed E-state index contributed by atoms with van der Waals surface area (Å²) >= 11 is 0. The molecule has 2 aromatic heterocycles. The highest BCUT2D eigenvalue weighted by atomic mass is 19.2. The molecule has 0 spiro atoms. The molecule has 90 valence electrons. The van der Waals surface area contributed by atoms with Crippen molar-refractivity contribution in [2.24, 2.45) is 0 Å². The van der Waals surface area contributed by atoms with Crippen molar-refractivity contribution in [3.63, 3.8) is 0 Å². The third kappa shape index (κ3) is 1.71. The van der Waals surface area contributed by atoms with Gasteiger partial charge < -0.3 is 4.42 Å². The van der Waals surface area contributed by atoms with Crippen LogP contribution in [-0.2, 0) is 0 Å². The van der Waals surface area contributed by atoms with Gasteiger partial charge in [-0.05, 0) is 18.2 Å². The van der Waals surface area contributed by atoms with Crippen LogP contribution in [-0.4, -0.2) is 9.97 Å². The van der Waals surface area contributed by atoms with Crippen LogP contribution in [0.3, 0.4) is 0 Å². The van der Waals surface area contributed by atoms with E-state index in [9.17, 15) is 13.2 Å². The second-order valence-electron chi connectivity index (χ2n) is 3.63. The summed E-state index contributed by atoms with van der Waals surface area (Å²) in [6.45, 7) is 0. The van der Waals surface area contributed by atoms with Gasteiger partial charge in [-0.15, -0.1) is 0 Å². The van der Waals surface area contributed by atoms with Crippen LogP contribution >= 0.6 is 0 Å². The Bertz CT molecular complexity index is 739. The summed E-state index contributed by atoms with van der Waals surface area (Å²) in [4.78, 5) is 7.65. The molecule has 0 saturated heterocycles. The fourth-order valence-electron chi connectivity index (χ4n) is 1.55. The lowest BCUT2D eigenvalue weighted by Gasteiger charge is -1.95. The number of rotatable bonds is 1. The maximum absolute atomic E-state index is 13.1. The van der Waals surface area contributed by atoms with E-state index in [0.29, 0.717) is 0 Å². The van der Waals surface area contributed by atoms with E-state index in [2.05, 4.69) is 9.97 Å². The Balaban J connectivity index is 2.16. The van der Waals surface area contributed by atoms with E-state index in [0.717, 1.165) is 24.4 Å². The van der Waals surface area contributed by atoms with Crippen molar-refractivity contribution in [2.75, 3.05) is 0 Å². The van der Waals surface area contributed by atoms with Crippen LogP contribution in [0.25, 0.3) is 22.7 Å². The van der Waals surface area contributed by atoms with Crippen molar-refractivity contribution in [1.29, 1.82) is 0 Å². The van der Waals surface area contributed by atoms with Gasteiger partial charge in [-0.2, -0.15) is 0 Å². The lowest BCUT2D eigenvalue weighted by Crippen LogP contribution is -1.85. The molecule has 0 aliphatic heterocycles. The molecule has 18 heavy (non-hydrogen) atoms. The van der Waals surface area contributed by atoms with Crippen LogP contribution < -0.4 is 0 Å². The van der Waals surface area contributed by atoms with Crippen molar-refractivity contribution in [3.8, 4) is 11.5 Å². The fourth-order valence-corrected chi connectivity index (χ4v) is 1.55. The molecule has 0 unspecified atom stereocenters. The van der Waals surface area contributed by atoms with Crippen LogP contribution in [0.2, 0.25) is 0 Å². The van der Waals surface area contributed by atoms with Crippen LogP contribution in [0.4, 0.5) is 13.2 Å². The van der Waals surface area contributed by atoms with Gasteiger partial charge in [0.25, 0.3) is 0 Å². The van der Waals surface area contributed by atoms with Crippen molar-refractivity contribution in [3.05, 3.63) is 47.9 Å². The minimum absolute atomic E-state index is 0.0574. The average molecular weight is 250 g/mol. The first-order chi connectivity index (χ1) is 8.63. The predicted octanol–water partition coefficient (Wildman–Crippen LogP) is 3.31. The highest BCUT2D eigenvalue weighted by molar-refractivity contribution is 5.72. The number of aromatic nitrogens is 2. The lowest BCUT2D eigenvalue weighted by atomic mass is 10.2. The Hall–Kier alpha value is -2.37. The highest BCUT2D eigenvalue weighted by Gasteiger charge is 2.12. The van der Waals surface area contributed by atoms with Crippen LogP contribution in [0, 0.1) is 17.5 Å². The van der Waals surface area contributed by atoms with E-state index in [4.69, 9.17) is 4.42 Å². The highest BCUT2D eigenvalue weighted by Crippen LogP contribution is 2.24. The van der Waals surface area contributed by atoms with Crippen LogP contribution in [0.1, 0.15) is 0 Å². The molecule has 0 radical (unpaired) electrons. The summed E-state index contributed by atoms with van der Waals surface area (Å²) < 4.78 is 44.0. The van der Waals surface area contributed by atoms with Crippen LogP contribution in [0.15, 0.2) is 34.9 Å². The van der Waals surface area contributed by atoms with Crippen LogP contribution in [0.5, 0.6) is 0 Å². The summed E-state index contributed by atoms with van der Waals surface area (Å²) in [5, 5.41) is 0. The van der Waals surface area contributed by atoms with Gasteiger partial charge >= 0.3 is 0 Å². The number of hydrogen-bond acceptors (Lipinski definition) is 3. The first-order valence-electron chi connectivity index (χ1n) is 5.01. The van der Waals surface area contributed by atoms with Gasteiger partial charge in [0.05, 0.1) is 6.20 Å². The van der Waals surface area contributed by atoms with Crippen molar-refractivity contribution < 1.29 is 17.6 Å². The Kier molecular flexibility index (Phi) is 2.29. The number of pyridine rings is 1. The largest absolute Gasteiger partial charge is 0.418 e. The first-order valence-corrected chi connectivity index (χ1v) is 5.01. The molecular weight excluding hydrogens is 245 g/mol. The van der Waals surface area contributed by atoms with Gasteiger partial charge in [-0.1, -0.05) is 0 Å². The number of nitrogens with zero attached hydrogens (tertiary/aromatic N) is 2. The maximum atomic E-state index is 13.1. The zero-order valence-electron chi connectivity index (χ0n) is 8.82. The molecule has 0 aliphatic carbocycles. The second-order valence-corrected chi connectivity index (χ2v) is 3.63. The van der Waals surface area contributed by atoms with E-state index in [1.54, 1.807) is 0 Å². The molecule has 0 amide bonds. The summed E-state index contributed by atoms with van der Waals surface area (Å²) in [5.74, 6) is -2.46. The van der Waals surface area contributed by atoms with Gasteiger partial charge in [0, 0.05) is 11.6 Å². The number of hydrogen-bond donors (Lipinski definition) is 0. The Morgan fingerprint density at radius 3 is 2.61 bits per heavy atom. The molecule has 0 bridgehead atoms. The molecule has 0 saturated carbocycles. The summed E-state index contributed by atoms with van der Waals surface area (Å²) in [5.41, 5.74) is 0.609. The summed E-state index contributed by atoms with van der Waals surface area (Å²) in [6.07, 6.45) is 0.989. The molecule has 1 aromatic carbocycles. The molecule has 6 heteroatoms. The third-order valence-electron chi connectivity index (χ3n) is 2.38. The van der Waals surface area contributed by atoms with Gasteiger partial charge in [-0.3, -0.25) is 0 Å². The molecule has 0 aliphatic rings. The summed E-state index contributed by atoms with van der Waals surface area (Å²) in [6, 6.07) is 4.39. The molecule has 0 fully saturated rings. The predicted molar refractivity (Wildman–Crippen MR) is 57.1 cm³/mol. The van der Waals surface area contributed by atoms with Crippen molar-refractivity contribution >= 4 is 11.2 Å². The minimum Gasteiger partial charge on any atom is -0.418 e. The molecule has 0 atom stereocenters. The normalized spacial score (nSPS) is 11.1. The SMILES string of the molecule is Fc1cnc2oc(-c3ccc(F)c(F)c3)nc2c1. The molecule has 3 nitrogen and oxygen atoms in total. The van der Waals surface area contributed by atoms with E-state index in [1.165, 1.54) is 6.07 Å². The van der Waals surface area contributed by atoms with E-state index >= 15 is 0 Å². The Morgan fingerprint density at radius 2 is 1.83 bits per heavy atom. The molecule has 2 heterocycles. The number of oxazole rings is 1. The third-order valence-corrected chi connectivity index (χ3v) is 2.38. The average Bonchev–Trinajstić information content (AvgIpc) is 2.75. The molecule has 0 N–H and O–H groups in total. The maximum Gasteiger partial charge on any atom is 0.247 e. The van der Waals surface area contributed by atoms with Crippen molar-refractivity contribution in [2.45, 2.75) is 0 Å². The number of benzene rings is 1. The van der Waals surface area contributed by atoms with Gasteiger partial charge in [0.15, 0.2) is 11.6 Å². The topological polar surface area (TPSA) is 38.9 Å². The number of halogens is 3. The number of fused-ring (bicyclic) bond motifs is 1. The van der Waals surface area contributed by atoms with E-state index < -0.39 is 17.5 Å². The molecule has 3 rings (SSSR count).